The number of ether oxygens (including phenoxy) is 3. The van der Waals surface area contributed by atoms with Gasteiger partial charge in [-0.1, -0.05) is 23.8 Å². The van der Waals surface area contributed by atoms with Gasteiger partial charge in [-0.05, 0) is 20.3 Å². The molecule has 0 bridgehead atoms. The minimum Gasteiger partial charge on any atom is -0.466 e. The molecule has 0 spiro atoms. The maximum Gasteiger partial charge on any atom is 0.330 e. The van der Waals surface area contributed by atoms with Gasteiger partial charge in [-0.2, -0.15) is 0 Å². The van der Waals surface area contributed by atoms with Crippen molar-refractivity contribution in [2.75, 3.05) is 20.8 Å². The molecule has 2 atom stereocenters. The van der Waals surface area contributed by atoms with Crippen LogP contribution in [-0.4, -0.2) is 50.1 Å². The van der Waals surface area contributed by atoms with Gasteiger partial charge >= 0.3 is 11.9 Å². The largest absolute Gasteiger partial charge is 0.466 e. The molecule has 0 fully saturated rings. The molecule has 0 aromatic rings. The first-order valence-electron chi connectivity index (χ1n) is 6.88. The standard InChI is InChI=1S/C16H24O6/c1-12(11-16(19)21-4)9-10-22-14(13(2)17)7-5-6-8-15(18)20-3/h5-8,11,13-14,17H,9-10H2,1-4H3/b7-5+,8-6-,12-11+/t13-,14+/m1/s1. The van der Waals surface area contributed by atoms with E-state index in [0.717, 1.165) is 5.57 Å². The first-order valence-corrected chi connectivity index (χ1v) is 6.88. The molecule has 0 aliphatic rings. The third-order valence-corrected chi connectivity index (χ3v) is 2.69. The molecule has 0 amide bonds. The van der Waals surface area contributed by atoms with Crippen molar-refractivity contribution >= 4 is 11.9 Å². The molecule has 0 saturated heterocycles. The Morgan fingerprint density at radius 3 is 2.32 bits per heavy atom. The van der Waals surface area contributed by atoms with Crippen LogP contribution in [0.15, 0.2) is 36.0 Å². The van der Waals surface area contributed by atoms with Crippen LogP contribution in [-0.2, 0) is 23.8 Å². The van der Waals surface area contributed by atoms with Gasteiger partial charge in [0.15, 0.2) is 0 Å². The van der Waals surface area contributed by atoms with Gasteiger partial charge in [0.2, 0.25) is 0 Å². The minimum absolute atomic E-state index is 0.347. The van der Waals surface area contributed by atoms with Gasteiger partial charge in [0.05, 0.1) is 26.9 Å². The van der Waals surface area contributed by atoms with E-state index in [0.29, 0.717) is 13.0 Å². The molecule has 0 radical (unpaired) electrons. The highest BCUT2D eigenvalue weighted by Crippen LogP contribution is 2.06. The van der Waals surface area contributed by atoms with E-state index < -0.39 is 24.1 Å². The molecule has 22 heavy (non-hydrogen) atoms. The maximum absolute atomic E-state index is 11.0. The van der Waals surface area contributed by atoms with Crippen molar-refractivity contribution in [3.63, 3.8) is 0 Å². The van der Waals surface area contributed by atoms with Gasteiger partial charge in [0.1, 0.15) is 6.10 Å². The highest BCUT2D eigenvalue weighted by atomic mass is 16.5. The van der Waals surface area contributed by atoms with E-state index >= 15 is 0 Å². The van der Waals surface area contributed by atoms with E-state index in [1.54, 1.807) is 26.0 Å². The molecule has 124 valence electrons. The number of carbonyl (C=O) groups excluding carboxylic acids is 2. The van der Waals surface area contributed by atoms with Gasteiger partial charge in [-0.3, -0.25) is 0 Å². The lowest BCUT2D eigenvalue weighted by Crippen LogP contribution is -2.24. The zero-order chi connectivity index (χ0) is 17.0. The van der Waals surface area contributed by atoms with E-state index in [2.05, 4.69) is 9.47 Å². The van der Waals surface area contributed by atoms with Crippen LogP contribution in [0.5, 0.6) is 0 Å². The van der Waals surface area contributed by atoms with Gasteiger partial charge < -0.3 is 19.3 Å². The number of esters is 2. The fraction of sp³-hybridized carbons (Fsp3) is 0.500. The third kappa shape index (κ3) is 9.90. The summed E-state index contributed by atoms with van der Waals surface area (Å²) in [5.74, 6) is -0.861. The number of hydrogen-bond acceptors (Lipinski definition) is 6. The number of aliphatic hydroxyl groups excluding tert-OH is 1. The van der Waals surface area contributed by atoms with Gasteiger partial charge in [0.25, 0.3) is 0 Å². The number of allylic oxidation sites excluding steroid dienone is 2. The average molecular weight is 312 g/mol. The van der Waals surface area contributed by atoms with E-state index in [1.165, 1.54) is 32.4 Å². The molecule has 1 N–H and O–H groups in total. The van der Waals surface area contributed by atoms with Crippen LogP contribution in [0.3, 0.4) is 0 Å². The quantitative estimate of drug-likeness (QED) is 0.395. The number of carbonyl (C=O) groups is 2. The summed E-state index contributed by atoms with van der Waals surface area (Å²) in [5, 5.41) is 9.63. The van der Waals surface area contributed by atoms with Gasteiger partial charge in [-0.25, -0.2) is 9.59 Å². The van der Waals surface area contributed by atoms with Crippen molar-refractivity contribution < 1.29 is 28.9 Å². The van der Waals surface area contributed by atoms with Gasteiger partial charge in [-0.15, -0.1) is 0 Å². The second-order valence-corrected chi connectivity index (χ2v) is 4.61. The molecular formula is C16H24O6. The van der Waals surface area contributed by atoms with Crippen molar-refractivity contribution in [3.05, 3.63) is 36.0 Å². The number of hydrogen-bond donors (Lipinski definition) is 1. The van der Waals surface area contributed by atoms with Crippen LogP contribution >= 0.6 is 0 Å². The molecule has 0 aromatic heterocycles. The zero-order valence-electron chi connectivity index (χ0n) is 13.4. The second-order valence-electron chi connectivity index (χ2n) is 4.61. The van der Waals surface area contributed by atoms with Crippen LogP contribution < -0.4 is 0 Å². The van der Waals surface area contributed by atoms with Gasteiger partial charge in [0, 0.05) is 12.2 Å². The Kier molecular flexibility index (Phi) is 10.7. The Labute approximate surface area is 131 Å². The number of methoxy groups -OCH3 is 2. The van der Waals surface area contributed by atoms with Crippen LogP contribution in [0.2, 0.25) is 0 Å². The summed E-state index contributed by atoms with van der Waals surface area (Å²) in [4.78, 5) is 21.9. The Morgan fingerprint density at radius 2 is 1.77 bits per heavy atom. The Bertz CT molecular complexity index is 434. The molecule has 0 rings (SSSR count). The summed E-state index contributed by atoms with van der Waals surface area (Å²) in [6.45, 7) is 3.75. The first-order chi connectivity index (χ1) is 10.4. The van der Waals surface area contributed by atoms with Crippen molar-refractivity contribution in [1.29, 1.82) is 0 Å². The van der Waals surface area contributed by atoms with Crippen molar-refractivity contribution in [2.24, 2.45) is 0 Å². The third-order valence-electron chi connectivity index (χ3n) is 2.69. The lowest BCUT2D eigenvalue weighted by molar-refractivity contribution is -0.135. The molecule has 6 heteroatoms. The highest BCUT2D eigenvalue weighted by Gasteiger charge is 2.11. The molecule has 0 aliphatic carbocycles. The van der Waals surface area contributed by atoms with Crippen LogP contribution in [0.25, 0.3) is 0 Å². The summed E-state index contributed by atoms with van der Waals surface area (Å²) in [6.07, 6.45) is 6.75. The molecule has 0 aliphatic heterocycles. The maximum atomic E-state index is 11.0. The summed E-state index contributed by atoms with van der Waals surface area (Å²) in [7, 11) is 2.61. The number of rotatable bonds is 9. The van der Waals surface area contributed by atoms with Crippen LogP contribution in [0.4, 0.5) is 0 Å². The monoisotopic (exact) mass is 312 g/mol. The van der Waals surface area contributed by atoms with Crippen LogP contribution in [0, 0.1) is 0 Å². The Hall–Kier alpha value is -1.92. The van der Waals surface area contributed by atoms with E-state index in [9.17, 15) is 14.7 Å². The van der Waals surface area contributed by atoms with E-state index in [1.807, 2.05) is 0 Å². The van der Waals surface area contributed by atoms with Crippen LogP contribution in [0.1, 0.15) is 20.3 Å². The normalized spacial score (nSPS) is 15.0. The molecule has 6 nitrogen and oxygen atoms in total. The van der Waals surface area contributed by atoms with E-state index in [4.69, 9.17) is 4.74 Å². The second kappa shape index (κ2) is 11.7. The summed E-state index contributed by atoms with van der Waals surface area (Å²) < 4.78 is 14.5. The molecule has 0 saturated carbocycles. The summed E-state index contributed by atoms with van der Waals surface area (Å²) in [6, 6.07) is 0. The van der Waals surface area contributed by atoms with Crippen molar-refractivity contribution in [1.82, 2.24) is 0 Å². The Morgan fingerprint density at radius 1 is 1.14 bits per heavy atom. The summed E-state index contributed by atoms with van der Waals surface area (Å²) in [5.41, 5.74) is 0.825. The molecular weight excluding hydrogens is 288 g/mol. The van der Waals surface area contributed by atoms with Crippen molar-refractivity contribution in [3.8, 4) is 0 Å². The first kappa shape index (κ1) is 20.1. The number of aliphatic hydroxyl groups is 1. The predicted molar refractivity (Wildman–Crippen MR) is 82.1 cm³/mol. The summed E-state index contributed by atoms with van der Waals surface area (Å²) >= 11 is 0. The molecule has 0 aromatic carbocycles. The smallest absolute Gasteiger partial charge is 0.330 e. The fourth-order valence-electron chi connectivity index (χ4n) is 1.42. The average Bonchev–Trinajstić information content (AvgIpc) is 2.48. The lowest BCUT2D eigenvalue weighted by Gasteiger charge is -2.17. The predicted octanol–water partition coefficient (Wildman–Crippen LogP) is 1.55. The molecule has 0 unspecified atom stereocenters. The minimum atomic E-state index is -0.701. The molecule has 0 heterocycles. The SMILES string of the molecule is COC(=O)/C=C\C=C\[C@H](OCC/C(C)=C/C(=O)OC)[C@@H](C)O. The topological polar surface area (TPSA) is 82.1 Å². The Balaban J connectivity index is 4.34. The van der Waals surface area contributed by atoms with E-state index in [-0.39, 0.29) is 0 Å². The lowest BCUT2D eigenvalue weighted by atomic mass is 10.2. The fourth-order valence-corrected chi connectivity index (χ4v) is 1.42. The zero-order valence-corrected chi connectivity index (χ0v) is 13.4. The van der Waals surface area contributed by atoms with Crippen molar-refractivity contribution in [2.45, 2.75) is 32.5 Å². The highest BCUT2D eigenvalue weighted by molar-refractivity contribution is 5.82.